The molecule has 0 aliphatic carbocycles. The topological polar surface area (TPSA) is 38.0 Å². The highest BCUT2D eigenvalue weighted by atomic mass is 35.5. The Labute approximate surface area is 130 Å². The number of benzene rings is 2. The molecule has 0 spiro atoms. The maximum absolute atomic E-state index is 13.1. The van der Waals surface area contributed by atoms with Crippen molar-refractivity contribution in [2.24, 2.45) is 5.84 Å². The number of halogens is 2. The van der Waals surface area contributed by atoms with Crippen LogP contribution in [-0.4, -0.2) is 6.04 Å². The van der Waals surface area contributed by atoms with Crippen molar-refractivity contribution in [2.45, 2.75) is 31.7 Å². The summed E-state index contributed by atoms with van der Waals surface area (Å²) < 4.78 is 13.1. The van der Waals surface area contributed by atoms with E-state index in [2.05, 4.69) is 24.5 Å². The quantitative estimate of drug-likeness (QED) is 0.624. The molecule has 2 aromatic carbocycles. The van der Waals surface area contributed by atoms with Crippen molar-refractivity contribution < 1.29 is 4.39 Å². The van der Waals surface area contributed by atoms with Gasteiger partial charge in [-0.15, -0.1) is 0 Å². The van der Waals surface area contributed by atoms with Crippen molar-refractivity contribution >= 4 is 11.6 Å². The van der Waals surface area contributed by atoms with E-state index in [-0.39, 0.29) is 17.8 Å². The van der Waals surface area contributed by atoms with Crippen LogP contribution in [0.2, 0.25) is 5.02 Å². The third kappa shape index (κ3) is 4.03. The number of nitrogens with two attached hydrogens (primary N) is 1. The second-order valence-electron chi connectivity index (χ2n) is 5.14. The zero-order valence-corrected chi connectivity index (χ0v) is 12.8. The molecule has 2 atom stereocenters. The summed E-state index contributed by atoms with van der Waals surface area (Å²) in [7, 11) is 0. The Hall–Kier alpha value is -1.42. The third-order valence-electron chi connectivity index (χ3n) is 3.82. The zero-order valence-electron chi connectivity index (χ0n) is 12.0. The number of hydrazine groups is 1. The molecular weight excluding hydrogens is 287 g/mol. The number of rotatable bonds is 6. The van der Waals surface area contributed by atoms with Crippen molar-refractivity contribution in [3.63, 3.8) is 0 Å². The van der Waals surface area contributed by atoms with E-state index in [1.165, 1.54) is 17.7 Å². The molecule has 0 fully saturated rings. The van der Waals surface area contributed by atoms with Crippen molar-refractivity contribution in [1.29, 1.82) is 0 Å². The van der Waals surface area contributed by atoms with Crippen LogP contribution in [-0.2, 0) is 6.42 Å². The molecule has 0 aromatic heterocycles. The zero-order chi connectivity index (χ0) is 15.2. The lowest BCUT2D eigenvalue weighted by Crippen LogP contribution is -2.41. The van der Waals surface area contributed by atoms with Crippen LogP contribution < -0.4 is 11.3 Å². The van der Waals surface area contributed by atoms with Crippen molar-refractivity contribution in [1.82, 2.24) is 5.43 Å². The summed E-state index contributed by atoms with van der Waals surface area (Å²) >= 11 is 6.12. The molecule has 3 N–H and O–H groups in total. The molecule has 2 nitrogen and oxygen atoms in total. The van der Waals surface area contributed by atoms with Gasteiger partial charge in [-0.3, -0.25) is 11.3 Å². The second-order valence-corrected chi connectivity index (χ2v) is 5.55. The van der Waals surface area contributed by atoms with Gasteiger partial charge < -0.3 is 0 Å². The van der Waals surface area contributed by atoms with Crippen LogP contribution >= 0.6 is 11.6 Å². The van der Waals surface area contributed by atoms with Crippen LogP contribution in [0.1, 0.15) is 30.4 Å². The predicted molar refractivity (Wildman–Crippen MR) is 85.7 cm³/mol. The molecule has 2 rings (SSSR count). The summed E-state index contributed by atoms with van der Waals surface area (Å²) in [6, 6.07) is 14.8. The number of nitrogens with one attached hydrogen (secondary N) is 1. The summed E-state index contributed by atoms with van der Waals surface area (Å²) in [5.41, 5.74) is 5.03. The Kier molecular flexibility index (Phi) is 5.74. The maximum atomic E-state index is 13.1. The van der Waals surface area contributed by atoms with Gasteiger partial charge >= 0.3 is 0 Å². The van der Waals surface area contributed by atoms with Gasteiger partial charge in [0.25, 0.3) is 0 Å². The summed E-state index contributed by atoms with van der Waals surface area (Å²) in [5.74, 6) is 5.70. The van der Waals surface area contributed by atoms with Crippen molar-refractivity contribution in [3.05, 3.63) is 70.5 Å². The SMILES string of the molecule is CCC(c1ccccc1)C(Cc1ccc(F)cc1Cl)NN. The standard InChI is InChI=1S/C17H20ClFN2/c1-2-15(12-6-4-3-5-7-12)17(21-20)10-13-8-9-14(19)11-16(13)18/h3-9,11,15,17,21H,2,10,20H2,1H3. The first-order valence-corrected chi connectivity index (χ1v) is 7.48. The summed E-state index contributed by atoms with van der Waals surface area (Å²) in [6.45, 7) is 2.13. The predicted octanol–water partition coefficient (Wildman–Crippen LogP) is 4.05. The van der Waals surface area contributed by atoms with Crippen LogP contribution in [0.3, 0.4) is 0 Å². The summed E-state index contributed by atoms with van der Waals surface area (Å²) in [6.07, 6.45) is 1.61. The van der Waals surface area contributed by atoms with Gasteiger partial charge in [-0.25, -0.2) is 4.39 Å². The summed E-state index contributed by atoms with van der Waals surface area (Å²) in [4.78, 5) is 0. The largest absolute Gasteiger partial charge is 0.271 e. The lowest BCUT2D eigenvalue weighted by Gasteiger charge is -2.26. The molecule has 112 valence electrons. The maximum Gasteiger partial charge on any atom is 0.124 e. The van der Waals surface area contributed by atoms with Gasteiger partial charge in [-0.05, 0) is 36.1 Å². The fraction of sp³-hybridized carbons (Fsp3) is 0.294. The molecule has 0 aliphatic heterocycles. The minimum absolute atomic E-state index is 0.0420. The Bertz CT molecular complexity index is 574. The molecule has 0 aliphatic rings. The van der Waals surface area contributed by atoms with E-state index < -0.39 is 0 Å². The first-order valence-electron chi connectivity index (χ1n) is 7.10. The van der Waals surface area contributed by atoms with Gasteiger partial charge in [-0.2, -0.15) is 0 Å². The minimum atomic E-state index is -0.323. The molecule has 0 heterocycles. The average Bonchev–Trinajstić information content (AvgIpc) is 2.50. The smallest absolute Gasteiger partial charge is 0.124 e. The van der Waals surface area contributed by atoms with Gasteiger partial charge in [0.05, 0.1) is 0 Å². The van der Waals surface area contributed by atoms with E-state index in [9.17, 15) is 4.39 Å². The van der Waals surface area contributed by atoms with Gasteiger partial charge in [0, 0.05) is 17.0 Å². The van der Waals surface area contributed by atoms with E-state index in [1.54, 1.807) is 6.07 Å². The number of hydrogen-bond donors (Lipinski definition) is 2. The lowest BCUT2D eigenvalue weighted by molar-refractivity contribution is 0.427. The number of hydrogen-bond acceptors (Lipinski definition) is 2. The Morgan fingerprint density at radius 3 is 2.48 bits per heavy atom. The van der Waals surface area contributed by atoms with Gasteiger partial charge in [0.15, 0.2) is 0 Å². The Balaban J connectivity index is 2.22. The average molecular weight is 307 g/mol. The molecular formula is C17H20ClFN2. The fourth-order valence-electron chi connectivity index (χ4n) is 2.69. The van der Waals surface area contributed by atoms with Gasteiger partial charge in [-0.1, -0.05) is 54.9 Å². The fourth-order valence-corrected chi connectivity index (χ4v) is 2.94. The van der Waals surface area contributed by atoms with E-state index in [0.717, 1.165) is 12.0 Å². The molecule has 21 heavy (non-hydrogen) atoms. The molecule has 0 radical (unpaired) electrons. The molecule has 0 amide bonds. The minimum Gasteiger partial charge on any atom is -0.271 e. The van der Waals surface area contributed by atoms with Crippen molar-refractivity contribution in [3.8, 4) is 0 Å². The molecule has 4 heteroatoms. The Morgan fingerprint density at radius 2 is 1.90 bits per heavy atom. The van der Waals surface area contributed by atoms with Gasteiger partial charge in [0.2, 0.25) is 0 Å². The van der Waals surface area contributed by atoms with E-state index in [4.69, 9.17) is 17.4 Å². The van der Waals surface area contributed by atoms with E-state index in [1.807, 2.05) is 18.2 Å². The van der Waals surface area contributed by atoms with Crippen LogP contribution in [0.4, 0.5) is 4.39 Å². The third-order valence-corrected chi connectivity index (χ3v) is 4.17. The van der Waals surface area contributed by atoms with Crippen LogP contribution in [0.25, 0.3) is 0 Å². The molecule has 0 saturated carbocycles. The first kappa shape index (κ1) is 16.0. The second kappa shape index (κ2) is 7.55. The van der Waals surface area contributed by atoms with Crippen molar-refractivity contribution in [2.75, 3.05) is 0 Å². The molecule has 2 aromatic rings. The highest BCUT2D eigenvalue weighted by molar-refractivity contribution is 6.31. The first-order chi connectivity index (χ1) is 10.2. The highest BCUT2D eigenvalue weighted by Gasteiger charge is 2.21. The Morgan fingerprint density at radius 1 is 1.19 bits per heavy atom. The van der Waals surface area contributed by atoms with Crippen LogP contribution in [0.15, 0.2) is 48.5 Å². The summed E-state index contributed by atoms with van der Waals surface area (Å²) in [5, 5.41) is 0.443. The van der Waals surface area contributed by atoms with Crippen LogP contribution in [0.5, 0.6) is 0 Å². The normalized spacial score (nSPS) is 13.9. The highest BCUT2D eigenvalue weighted by Crippen LogP contribution is 2.27. The monoisotopic (exact) mass is 306 g/mol. The van der Waals surface area contributed by atoms with Gasteiger partial charge in [0.1, 0.15) is 5.82 Å². The molecule has 2 unspecified atom stereocenters. The van der Waals surface area contributed by atoms with E-state index in [0.29, 0.717) is 11.4 Å². The lowest BCUT2D eigenvalue weighted by atomic mass is 9.86. The molecule has 0 bridgehead atoms. The molecule has 0 saturated heterocycles. The van der Waals surface area contributed by atoms with E-state index >= 15 is 0 Å². The van der Waals surface area contributed by atoms with Crippen LogP contribution in [0, 0.1) is 5.82 Å².